The number of sulfone groups is 1. The molecule has 3 aromatic carbocycles. The fourth-order valence-corrected chi connectivity index (χ4v) is 5.93. The number of esters is 1. The van der Waals surface area contributed by atoms with E-state index in [0.29, 0.717) is 18.4 Å². The number of carbonyl (C=O) groups is 2. The van der Waals surface area contributed by atoms with Crippen LogP contribution in [0.25, 0.3) is 0 Å². The monoisotopic (exact) mass is 477 g/mol. The van der Waals surface area contributed by atoms with Gasteiger partial charge in [-0.1, -0.05) is 78.9 Å². The third-order valence-electron chi connectivity index (χ3n) is 5.97. The van der Waals surface area contributed by atoms with Crippen molar-refractivity contribution >= 4 is 21.7 Å². The molecule has 1 fully saturated rings. The number of ether oxygens (including phenoxy) is 1. The van der Waals surface area contributed by atoms with E-state index in [4.69, 9.17) is 4.74 Å². The summed E-state index contributed by atoms with van der Waals surface area (Å²) in [6, 6.07) is 25.9. The normalized spacial score (nSPS) is 16.6. The molecule has 34 heavy (non-hydrogen) atoms. The highest BCUT2D eigenvalue weighted by atomic mass is 32.2. The van der Waals surface area contributed by atoms with E-state index in [2.05, 4.69) is 0 Å². The molecule has 1 aliphatic heterocycles. The Hall–Kier alpha value is -3.45. The van der Waals surface area contributed by atoms with E-state index >= 15 is 0 Å². The summed E-state index contributed by atoms with van der Waals surface area (Å²) in [7, 11) is -3.18. The first kappa shape index (κ1) is 23.7. The number of benzene rings is 3. The van der Waals surface area contributed by atoms with Crippen LogP contribution in [0.5, 0.6) is 0 Å². The second-order valence-electron chi connectivity index (χ2n) is 8.46. The van der Waals surface area contributed by atoms with E-state index in [0.717, 1.165) is 16.7 Å². The predicted molar refractivity (Wildman–Crippen MR) is 130 cm³/mol. The van der Waals surface area contributed by atoms with Crippen molar-refractivity contribution in [3.05, 3.63) is 107 Å². The van der Waals surface area contributed by atoms with Crippen LogP contribution in [0.1, 0.15) is 33.5 Å². The molecule has 0 saturated carbocycles. The maximum atomic E-state index is 13.1. The molecule has 0 aliphatic carbocycles. The first-order chi connectivity index (χ1) is 16.4. The van der Waals surface area contributed by atoms with E-state index in [-0.39, 0.29) is 18.1 Å². The number of amides is 1. The van der Waals surface area contributed by atoms with Gasteiger partial charge in [0, 0.05) is 12.6 Å². The first-order valence-corrected chi connectivity index (χ1v) is 13.1. The highest BCUT2D eigenvalue weighted by Crippen LogP contribution is 2.21. The van der Waals surface area contributed by atoms with Crippen LogP contribution in [0, 0.1) is 0 Å². The molecule has 0 aromatic heterocycles. The fourth-order valence-electron chi connectivity index (χ4n) is 4.20. The second kappa shape index (κ2) is 10.7. The lowest BCUT2D eigenvalue weighted by Crippen LogP contribution is -2.42. The summed E-state index contributed by atoms with van der Waals surface area (Å²) in [6.45, 7) is -0.177. The standard InChI is InChI=1S/C27H27NO5S/c29-26(28(18-22-11-5-2-6-12-22)24-15-16-34(31,32)20-24)19-33-27(30)25-14-8-7-13-23(25)17-21-9-3-1-4-10-21/h1-14,24H,15-20H2/t24-/m0/s1. The van der Waals surface area contributed by atoms with Crippen molar-refractivity contribution < 1.29 is 22.7 Å². The van der Waals surface area contributed by atoms with Crippen LogP contribution in [0.3, 0.4) is 0 Å². The minimum Gasteiger partial charge on any atom is -0.452 e. The number of rotatable bonds is 8. The van der Waals surface area contributed by atoms with Crippen molar-refractivity contribution in [3.8, 4) is 0 Å². The van der Waals surface area contributed by atoms with Crippen molar-refractivity contribution in [2.45, 2.75) is 25.4 Å². The molecule has 4 rings (SSSR count). The zero-order chi connectivity index (χ0) is 24.0. The molecule has 0 spiro atoms. The Morgan fingerprint density at radius 1 is 0.853 bits per heavy atom. The van der Waals surface area contributed by atoms with Gasteiger partial charge >= 0.3 is 5.97 Å². The van der Waals surface area contributed by atoms with Gasteiger partial charge in [0.05, 0.1) is 17.1 Å². The van der Waals surface area contributed by atoms with Gasteiger partial charge in [-0.3, -0.25) is 4.79 Å². The van der Waals surface area contributed by atoms with Crippen LogP contribution in [-0.2, 0) is 32.3 Å². The van der Waals surface area contributed by atoms with Gasteiger partial charge in [-0.25, -0.2) is 13.2 Å². The molecular weight excluding hydrogens is 450 g/mol. The molecule has 0 N–H and O–H groups in total. The van der Waals surface area contributed by atoms with Crippen LogP contribution in [0.2, 0.25) is 0 Å². The molecule has 3 aromatic rings. The van der Waals surface area contributed by atoms with Gasteiger partial charge in [-0.15, -0.1) is 0 Å². The van der Waals surface area contributed by atoms with Gasteiger partial charge in [0.15, 0.2) is 16.4 Å². The molecule has 6 nitrogen and oxygen atoms in total. The Bertz CT molecular complexity index is 1240. The van der Waals surface area contributed by atoms with Crippen molar-refractivity contribution in [3.63, 3.8) is 0 Å². The lowest BCUT2D eigenvalue weighted by atomic mass is 10.00. The molecule has 0 unspecified atom stereocenters. The molecule has 0 radical (unpaired) electrons. The summed E-state index contributed by atoms with van der Waals surface area (Å²) in [5, 5.41) is 0. The van der Waals surface area contributed by atoms with Crippen molar-refractivity contribution in [1.82, 2.24) is 4.90 Å². The van der Waals surface area contributed by atoms with Crippen LogP contribution in [-0.4, -0.2) is 49.3 Å². The molecule has 1 heterocycles. The van der Waals surface area contributed by atoms with E-state index in [1.54, 1.807) is 12.1 Å². The van der Waals surface area contributed by atoms with Crippen LogP contribution in [0.15, 0.2) is 84.9 Å². The molecule has 0 bridgehead atoms. The Labute approximate surface area is 200 Å². The predicted octanol–water partition coefficient (Wildman–Crippen LogP) is 3.65. The molecule has 1 aliphatic rings. The summed E-state index contributed by atoms with van der Waals surface area (Å²) in [5.74, 6) is -0.985. The first-order valence-electron chi connectivity index (χ1n) is 11.2. The summed E-state index contributed by atoms with van der Waals surface area (Å²) in [6.07, 6.45) is 0.953. The lowest BCUT2D eigenvalue weighted by Gasteiger charge is -2.28. The molecule has 1 atom stereocenters. The van der Waals surface area contributed by atoms with E-state index in [9.17, 15) is 18.0 Å². The van der Waals surface area contributed by atoms with Crippen LogP contribution >= 0.6 is 0 Å². The Balaban J connectivity index is 1.46. The zero-order valence-electron chi connectivity index (χ0n) is 18.8. The van der Waals surface area contributed by atoms with Crippen LogP contribution in [0.4, 0.5) is 0 Å². The molecule has 1 amide bonds. The minimum absolute atomic E-state index is 0.0584. The smallest absolute Gasteiger partial charge is 0.338 e. The number of nitrogens with zero attached hydrogens (tertiary/aromatic N) is 1. The van der Waals surface area contributed by atoms with Crippen molar-refractivity contribution in [2.75, 3.05) is 18.1 Å². The largest absolute Gasteiger partial charge is 0.452 e. The Morgan fingerprint density at radius 3 is 2.12 bits per heavy atom. The van der Waals surface area contributed by atoms with Gasteiger partial charge in [-0.2, -0.15) is 0 Å². The quantitative estimate of drug-likeness (QED) is 0.463. The lowest BCUT2D eigenvalue weighted by molar-refractivity contribution is -0.137. The van der Waals surface area contributed by atoms with Crippen molar-refractivity contribution in [2.24, 2.45) is 0 Å². The van der Waals surface area contributed by atoms with Crippen LogP contribution < -0.4 is 0 Å². The zero-order valence-corrected chi connectivity index (χ0v) is 19.6. The highest BCUT2D eigenvalue weighted by molar-refractivity contribution is 7.91. The average molecular weight is 478 g/mol. The summed E-state index contributed by atoms with van der Waals surface area (Å²) in [5.41, 5.74) is 3.18. The highest BCUT2D eigenvalue weighted by Gasteiger charge is 2.35. The number of hydrogen-bond acceptors (Lipinski definition) is 5. The maximum Gasteiger partial charge on any atom is 0.338 e. The summed E-state index contributed by atoms with van der Waals surface area (Å²) >= 11 is 0. The molecule has 7 heteroatoms. The number of carbonyl (C=O) groups excluding carboxylic acids is 2. The van der Waals surface area contributed by atoms with E-state index < -0.39 is 34.4 Å². The topological polar surface area (TPSA) is 80.8 Å². The molecule has 1 saturated heterocycles. The SMILES string of the molecule is O=C(OCC(=O)N(Cc1ccccc1)[C@H]1CCS(=O)(=O)C1)c1ccccc1Cc1ccccc1. The second-order valence-corrected chi connectivity index (χ2v) is 10.7. The average Bonchev–Trinajstić information content (AvgIpc) is 3.21. The van der Waals surface area contributed by atoms with Gasteiger partial charge in [0.2, 0.25) is 0 Å². The Kier molecular flexibility index (Phi) is 7.43. The van der Waals surface area contributed by atoms with Gasteiger partial charge in [0.25, 0.3) is 5.91 Å². The molecule has 176 valence electrons. The maximum absolute atomic E-state index is 13.1. The van der Waals surface area contributed by atoms with Gasteiger partial charge < -0.3 is 9.64 Å². The summed E-state index contributed by atoms with van der Waals surface area (Å²) < 4.78 is 29.5. The summed E-state index contributed by atoms with van der Waals surface area (Å²) in [4.78, 5) is 27.5. The van der Waals surface area contributed by atoms with E-state index in [1.165, 1.54) is 4.90 Å². The minimum atomic E-state index is -3.18. The van der Waals surface area contributed by atoms with Crippen molar-refractivity contribution in [1.29, 1.82) is 0 Å². The van der Waals surface area contributed by atoms with E-state index in [1.807, 2.05) is 72.8 Å². The van der Waals surface area contributed by atoms with Gasteiger partial charge in [0.1, 0.15) is 0 Å². The van der Waals surface area contributed by atoms with Gasteiger partial charge in [-0.05, 0) is 35.6 Å². The Morgan fingerprint density at radius 2 is 1.47 bits per heavy atom. The number of hydrogen-bond donors (Lipinski definition) is 0. The third kappa shape index (κ3) is 6.11. The molecular formula is C27H27NO5S. The third-order valence-corrected chi connectivity index (χ3v) is 7.72. The fraction of sp³-hybridized carbons (Fsp3) is 0.259.